The molecule has 2 aromatic carbocycles. The van der Waals surface area contributed by atoms with Crippen LogP contribution in [0.3, 0.4) is 0 Å². The number of fused-ring (bicyclic) bond motifs is 1. The van der Waals surface area contributed by atoms with Crippen molar-refractivity contribution < 1.29 is 24.2 Å². The van der Waals surface area contributed by atoms with E-state index in [1.807, 2.05) is 12.1 Å². The molecule has 9 nitrogen and oxygen atoms in total. The number of carbonyl (C=O) groups is 2. The normalized spacial score (nSPS) is 17.6. The van der Waals surface area contributed by atoms with Gasteiger partial charge in [-0.3, -0.25) is 10.2 Å². The Kier molecular flexibility index (Phi) is 5.20. The second-order valence-electron chi connectivity index (χ2n) is 9.52. The number of phenols is 1. The summed E-state index contributed by atoms with van der Waals surface area (Å²) in [7, 11) is 0. The molecule has 35 heavy (non-hydrogen) atoms. The number of nitrogens with one attached hydrogen (secondary N) is 1. The zero-order valence-electron chi connectivity index (χ0n) is 19.5. The van der Waals surface area contributed by atoms with Crippen LogP contribution in [0.15, 0.2) is 63.2 Å². The van der Waals surface area contributed by atoms with Gasteiger partial charge >= 0.3 is 11.9 Å². The van der Waals surface area contributed by atoms with Crippen molar-refractivity contribution in [1.29, 1.82) is 0 Å². The standard InChI is InChI=1S/C26H24N4O5/c1-14-22(24(32)30(29-14)17-8-7-15-12-26(2,3)13-16(15)11-17)28-27-19-6-4-5-18(23(19)31)20-9-10-21(35-20)25(33)34/h4-11,27,31H,12-13H2,1-3H3,(H,33,34)/b28-22-. The fourth-order valence-corrected chi connectivity index (χ4v) is 4.52. The Hall–Kier alpha value is -4.40. The van der Waals surface area contributed by atoms with Crippen LogP contribution in [0, 0.1) is 5.41 Å². The third kappa shape index (κ3) is 4.05. The average molecular weight is 473 g/mol. The number of carboxylic acids is 1. The molecular formula is C26H24N4O5. The van der Waals surface area contributed by atoms with Crippen molar-refractivity contribution in [2.24, 2.45) is 15.6 Å². The van der Waals surface area contributed by atoms with Crippen molar-refractivity contribution in [1.82, 2.24) is 0 Å². The molecule has 0 saturated heterocycles. The van der Waals surface area contributed by atoms with Gasteiger partial charge in [-0.2, -0.15) is 15.2 Å². The molecule has 2 heterocycles. The molecule has 3 aromatic rings. The number of amides is 1. The van der Waals surface area contributed by atoms with Crippen LogP contribution in [-0.2, 0) is 17.6 Å². The Morgan fingerprint density at radius 3 is 2.66 bits per heavy atom. The number of hydrogen-bond acceptors (Lipinski definition) is 7. The maximum Gasteiger partial charge on any atom is 0.371 e. The van der Waals surface area contributed by atoms with E-state index in [0.29, 0.717) is 11.4 Å². The molecule has 1 aliphatic heterocycles. The number of aromatic carboxylic acids is 1. The van der Waals surface area contributed by atoms with E-state index in [2.05, 4.69) is 35.5 Å². The molecule has 9 heteroatoms. The number of aromatic hydroxyl groups is 1. The lowest BCUT2D eigenvalue weighted by Crippen LogP contribution is -2.28. The first kappa shape index (κ1) is 22.4. The topological polar surface area (TPSA) is 128 Å². The zero-order chi connectivity index (χ0) is 24.9. The number of carbonyl (C=O) groups excluding carboxylic acids is 1. The maximum atomic E-state index is 13.1. The van der Waals surface area contributed by atoms with Crippen LogP contribution in [0.1, 0.15) is 42.5 Å². The smallest absolute Gasteiger partial charge is 0.371 e. The number of nitrogens with zero attached hydrogens (tertiary/aromatic N) is 3. The first-order valence-electron chi connectivity index (χ1n) is 11.1. The zero-order valence-corrected chi connectivity index (χ0v) is 19.5. The highest BCUT2D eigenvalue weighted by molar-refractivity contribution is 6.71. The number of benzene rings is 2. The van der Waals surface area contributed by atoms with Gasteiger partial charge in [0, 0.05) is 0 Å². The predicted octanol–water partition coefficient (Wildman–Crippen LogP) is 4.67. The molecule has 178 valence electrons. The fourth-order valence-electron chi connectivity index (χ4n) is 4.52. The third-order valence-corrected chi connectivity index (χ3v) is 6.17. The largest absolute Gasteiger partial charge is 0.505 e. The molecule has 0 unspecified atom stereocenters. The Morgan fingerprint density at radius 2 is 1.91 bits per heavy atom. The van der Waals surface area contributed by atoms with Crippen molar-refractivity contribution in [2.75, 3.05) is 10.4 Å². The van der Waals surface area contributed by atoms with Gasteiger partial charge in [-0.15, -0.1) is 0 Å². The van der Waals surface area contributed by atoms with E-state index in [-0.39, 0.29) is 45.6 Å². The van der Waals surface area contributed by atoms with Gasteiger partial charge in [0.05, 0.1) is 22.6 Å². The van der Waals surface area contributed by atoms with Gasteiger partial charge in [0.15, 0.2) is 11.5 Å². The molecule has 0 atom stereocenters. The highest BCUT2D eigenvalue weighted by atomic mass is 16.4. The average Bonchev–Trinajstić information content (AvgIpc) is 3.48. The van der Waals surface area contributed by atoms with Crippen LogP contribution in [0.5, 0.6) is 5.75 Å². The number of phenolic OH excluding ortho intramolecular Hbond substituents is 1. The monoisotopic (exact) mass is 472 g/mol. The summed E-state index contributed by atoms with van der Waals surface area (Å²) in [5.41, 5.74) is 7.22. The Labute approximate surface area is 201 Å². The second-order valence-corrected chi connectivity index (χ2v) is 9.52. The predicted molar refractivity (Wildman–Crippen MR) is 132 cm³/mol. The molecule has 5 rings (SSSR count). The number of hydrogen-bond donors (Lipinski definition) is 3. The molecule has 2 aliphatic rings. The Bertz CT molecular complexity index is 1430. The summed E-state index contributed by atoms with van der Waals surface area (Å²) in [5, 5.41) is 29.7. The van der Waals surface area contributed by atoms with Gasteiger partial charge in [-0.25, -0.2) is 4.79 Å². The molecule has 0 saturated carbocycles. The van der Waals surface area contributed by atoms with Crippen molar-refractivity contribution in [3.63, 3.8) is 0 Å². The van der Waals surface area contributed by atoms with Crippen LogP contribution >= 0.6 is 0 Å². The van der Waals surface area contributed by atoms with Gasteiger partial charge in [0.1, 0.15) is 5.76 Å². The summed E-state index contributed by atoms with van der Waals surface area (Å²) in [5.74, 6) is -1.82. The minimum Gasteiger partial charge on any atom is -0.505 e. The summed E-state index contributed by atoms with van der Waals surface area (Å²) >= 11 is 0. The van der Waals surface area contributed by atoms with Gasteiger partial charge in [0.25, 0.3) is 0 Å². The van der Waals surface area contributed by atoms with Gasteiger partial charge < -0.3 is 14.6 Å². The van der Waals surface area contributed by atoms with E-state index >= 15 is 0 Å². The molecular weight excluding hydrogens is 448 g/mol. The quantitative estimate of drug-likeness (QED) is 0.366. The van der Waals surface area contributed by atoms with E-state index in [0.717, 1.165) is 12.8 Å². The first-order valence-corrected chi connectivity index (χ1v) is 11.1. The van der Waals surface area contributed by atoms with Crippen molar-refractivity contribution in [3.8, 4) is 17.1 Å². The number of hydrazone groups is 2. The molecule has 1 aromatic heterocycles. The third-order valence-electron chi connectivity index (χ3n) is 6.17. The van der Waals surface area contributed by atoms with E-state index in [1.165, 1.54) is 28.3 Å². The highest BCUT2D eigenvalue weighted by Gasteiger charge is 2.33. The van der Waals surface area contributed by atoms with Crippen molar-refractivity contribution in [2.45, 2.75) is 33.6 Å². The van der Waals surface area contributed by atoms with E-state index < -0.39 is 5.97 Å². The summed E-state index contributed by atoms with van der Waals surface area (Å²) in [6.07, 6.45) is 1.95. The molecule has 3 N–H and O–H groups in total. The van der Waals surface area contributed by atoms with Crippen LogP contribution < -0.4 is 10.4 Å². The van der Waals surface area contributed by atoms with E-state index in [4.69, 9.17) is 9.52 Å². The van der Waals surface area contributed by atoms with Crippen LogP contribution in [0.4, 0.5) is 11.4 Å². The second kappa shape index (κ2) is 8.12. The molecule has 0 fully saturated rings. The van der Waals surface area contributed by atoms with Gasteiger partial charge in [-0.05, 0) is 72.7 Å². The van der Waals surface area contributed by atoms with Crippen LogP contribution in [0.25, 0.3) is 11.3 Å². The number of rotatable bonds is 5. The SMILES string of the molecule is CC1=NN(c2ccc3c(c2)CC(C)(C)C3)C(=O)/C1=N\Nc1cccc(-c2ccc(C(=O)O)o2)c1O. The lowest BCUT2D eigenvalue weighted by atomic mass is 9.90. The Morgan fingerprint density at radius 1 is 1.14 bits per heavy atom. The number of anilines is 2. The minimum absolute atomic E-state index is 0.127. The van der Waals surface area contributed by atoms with Crippen LogP contribution in [-0.4, -0.2) is 33.5 Å². The minimum atomic E-state index is -1.21. The summed E-state index contributed by atoms with van der Waals surface area (Å²) in [6, 6.07) is 13.5. The number of para-hydroxylation sites is 1. The molecule has 0 spiro atoms. The van der Waals surface area contributed by atoms with Crippen molar-refractivity contribution in [3.05, 3.63) is 65.4 Å². The molecule has 0 bridgehead atoms. The highest BCUT2D eigenvalue weighted by Crippen LogP contribution is 2.39. The van der Waals surface area contributed by atoms with E-state index in [9.17, 15) is 14.7 Å². The first-order chi connectivity index (χ1) is 16.6. The summed E-state index contributed by atoms with van der Waals surface area (Å²) < 4.78 is 5.28. The maximum absolute atomic E-state index is 13.1. The fraction of sp³-hybridized carbons (Fsp3) is 0.231. The number of carboxylic acid groups (broad SMARTS) is 1. The van der Waals surface area contributed by atoms with Crippen LogP contribution in [0.2, 0.25) is 0 Å². The lowest BCUT2D eigenvalue weighted by molar-refractivity contribution is -0.112. The molecule has 0 radical (unpaired) electrons. The van der Waals surface area contributed by atoms with Crippen molar-refractivity contribution >= 4 is 34.7 Å². The van der Waals surface area contributed by atoms with E-state index in [1.54, 1.807) is 25.1 Å². The summed E-state index contributed by atoms with van der Waals surface area (Å²) in [4.78, 5) is 24.2. The van der Waals surface area contributed by atoms with Gasteiger partial charge in [0.2, 0.25) is 5.76 Å². The van der Waals surface area contributed by atoms with Gasteiger partial charge in [-0.1, -0.05) is 26.0 Å². The summed E-state index contributed by atoms with van der Waals surface area (Å²) in [6.45, 7) is 6.16. The molecule has 1 amide bonds. The molecule has 1 aliphatic carbocycles. The number of furan rings is 1. The lowest BCUT2D eigenvalue weighted by Gasteiger charge is -2.15. The Balaban J connectivity index is 1.38.